The van der Waals surface area contributed by atoms with Gasteiger partial charge in [0.25, 0.3) is 0 Å². The predicted octanol–water partition coefficient (Wildman–Crippen LogP) is -0.0101. The van der Waals surface area contributed by atoms with Crippen molar-refractivity contribution in [3.63, 3.8) is 0 Å². The van der Waals surface area contributed by atoms with Crippen LogP contribution in [-0.4, -0.2) is 21.7 Å². The SMILES string of the molecule is CC1CC1NC(=O)Cn1ccc(N)n1. The Labute approximate surface area is 82.3 Å². The normalized spacial score (nSPS) is 24.6. The molecule has 2 unspecified atom stereocenters. The van der Waals surface area contributed by atoms with E-state index in [0.717, 1.165) is 6.42 Å². The van der Waals surface area contributed by atoms with Crippen molar-refractivity contribution in [3.05, 3.63) is 12.3 Å². The zero-order valence-electron chi connectivity index (χ0n) is 8.10. The minimum Gasteiger partial charge on any atom is -0.382 e. The predicted molar refractivity (Wildman–Crippen MR) is 52.4 cm³/mol. The third-order valence-corrected chi connectivity index (χ3v) is 2.42. The van der Waals surface area contributed by atoms with Crippen molar-refractivity contribution in [2.24, 2.45) is 5.92 Å². The summed E-state index contributed by atoms with van der Waals surface area (Å²) in [4.78, 5) is 11.4. The number of carbonyl (C=O) groups excluding carboxylic acids is 1. The summed E-state index contributed by atoms with van der Waals surface area (Å²) >= 11 is 0. The van der Waals surface area contributed by atoms with Crippen LogP contribution in [0.3, 0.4) is 0 Å². The van der Waals surface area contributed by atoms with Gasteiger partial charge in [-0.25, -0.2) is 0 Å². The van der Waals surface area contributed by atoms with Crippen LogP contribution < -0.4 is 11.1 Å². The fraction of sp³-hybridized carbons (Fsp3) is 0.556. The average Bonchev–Trinajstić information content (AvgIpc) is 2.59. The summed E-state index contributed by atoms with van der Waals surface area (Å²) in [5.74, 6) is 1.07. The minimum absolute atomic E-state index is 0.00227. The lowest BCUT2D eigenvalue weighted by atomic mass is 10.4. The van der Waals surface area contributed by atoms with Gasteiger partial charge in [0.2, 0.25) is 5.91 Å². The van der Waals surface area contributed by atoms with Crippen LogP contribution in [0.4, 0.5) is 5.82 Å². The Balaban J connectivity index is 1.82. The summed E-state index contributed by atoms with van der Waals surface area (Å²) in [6.45, 7) is 2.37. The first-order valence-electron chi connectivity index (χ1n) is 4.73. The number of nitrogens with two attached hydrogens (primary N) is 1. The van der Waals surface area contributed by atoms with E-state index in [1.54, 1.807) is 12.3 Å². The van der Waals surface area contributed by atoms with Crippen LogP contribution in [0.5, 0.6) is 0 Å². The number of hydrogen-bond donors (Lipinski definition) is 2. The van der Waals surface area contributed by atoms with E-state index in [0.29, 0.717) is 17.8 Å². The Morgan fingerprint density at radius 2 is 2.57 bits per heavy atom. The number of hydrogen-bond acceptors (Lipinski definition) is 3. The van der Waals surface area contributed by atoms with Crippen molar-refractivity contribution in [2.45, 2.75) is 25.9 Å². The second-order valence-corrected chi connectivity index (χ2v) is 3.83. The van der Waals surface area contributed by atoms with Gasteiger partial charge in [-0.3, -0.25) is 9.48 Å². The van der Waals surface area contributed by atoms with Gasteiger partial charge >= 0.3 is 0 Å². The highest BCUT2D eigenvalue weighted by Gasteiger charge is 2.33. The Bertz CT molecular complexity index is 346. The van der Waals surface area contributed by atoms with E-state index in [9.17, 15) is 4.79 Å². The van der Waals surface area contributed by atoms with Crippen LogP contribution >= 0.6 is 0 Å². The van der Waals surface area contributed by atoms with Gasteiger partial charge in [-0.15, -0.1) is 0 Å². The Hall–Kier alpha value is -1.52. The fourth-order valence-electron chi connectivity index (χ4n) is 1.39. The standard InChI is InChI=1S/C9H14N4O/c1-6-4-7(6)11-9(14)5-13-3-2-8(10)12-13/h2-3,6-7H,4-5H2,1H3,(H2,10,12)(H,11,14). The molecule has 1 saturated carbocycles. The highest BCUT2D eigenvalue weighted by atomic mass is 16.2. The number of nitrogen functional groups attached to an aromatic ring is 1. The van der Waals surface area contributed by atoms with Crippen LogP contribution in [0.25, 0.3) is 0 Å². The van der Waals surface area contributed by atoms with E-state index in [1.165, 1.54) is 4.68 Å². The smallest absolute Gasteiger partial charge is 0.241 e. The third-order valence-electron chi connectivity index (χ3n) is 2.42. The summed E-state index contributed by atoms with van der Waals surface area (Å²) in [6.07, 6.45) is 2.79. The number of rotatable bonds is 3. The quantitative estimate of drug-likeness (QED) is 0.710. The zero-order valence-corrected chi connectivity index (χ0v) is 8.10. The van der Waals surface area contributed by atoms with Crippen molar-refractivity contribution in [2.75, 3.05) is 5.73 Å². The van der Waals surface area contributed by atoms with Crippen molar-refractivity contribution >= 4 is 11.7 Å². The molecule has 0 spiro atoms. The minimum atomic E-state index is 0.00227. The summed E-state index contributed by atoms with van der Waals surface area (Å²) in [5, 5.41) is 6.85. The fourth-order valence-corrected chi connectivity index (χ4v) is 1.39. The zero-order chi connectivity index (χ0) is 10.1. The van der Waals surface area contributed by atoms with E-state index in [1.807, 2.05) is 0 Å². The monoisotopic (exact) mass is 194 g/mol. The first kappa shape index (κ1) is 9.05. The first-order valence-corrected chi connectivity index (χ1v) is 4.73. The maximum Gasteiger partial charge on any atom is 0.241 e. The Morgan fingerprint density at radius 3 is 3.07 bits per heavy atom. The van der Waals surface area contributed by atoms with Crippen LogP contribution in [0.2, 0.25) is 0 Å². The maximum absolute atomic E-state index is 11.4. The summed E-state index contributed by atoms with van der Waals surface area (Å²) in [6, 6.07) is 2.04. The molecule has 2 rings (SSSR count). The second-order valence-electron chi connectivity index (χ2n) is 3.83. The van der Waals surface area contributed by atoms with Crippen molar-refractivity contribution < 1.29 is 4.79 Å². The number of carbonyl (C=O) groups is 1. The van der Waals surface area contributed by atoms with E-state index in [-0.39, 0.29) is 12.5 Å². The average molecular weight is 194 g/mol. The molecule has 1 aliphatic carbocycles. The first-order chi connectivity index (χ1) is 6.65. The van der Waals surface area contributed by atoms with Gasteiger partial charge in [-0.2, -0.15) is 5.10 Å². The molecule has 0 bridgehead atoms. The molecule has 1 aliphatic rings. The van der Waals surface area contributed by atoms with E-state index in [4.69, 9.17) is 5.73 Å². The molecule has 1 aromatic heterocycles. The van der Waals surface area contributed by atoms with E-state index in [2.05, 4.69) is 17.3 Å². The molecule has 3 N–H and O–H groups in total. The molecule has 1 aromatic rings. The Morgan fingerprint density at radius 1 is 1.86 bits per heavy atom. The van der Waals surface area contributed by atoms with Gasteiger partial charge in [0.1, 0.15) is 12.4 Å². The third kappa shape index (κ3) is 2.04. The molecule has 0 aromatic carbocycles. The van der Waals surface area contributed by atoms with Gasteiger partial charge in [0.15, 0.2) is 0 Å². The van der Waals surface area contributed by atoms with E-state index < -0.39 is 0 Å². The lowest BCUT2D eigenvalue weighted by Gasteiger charge is -2.03. The molecule has 1 amide bonds. The van der Waals surface area contributed by atoms with Gasteiger partial charge in [0, 0.05) is 12.2 Å². The molecule has 0 aliphatic heterocycles. The second kappa shape index (κ2) is 3.32. The highest BCUT2D eigenvalue weighted by molar-refractivity contribution is 5.76. The molecule has 14 heavy (non-hydrogen) atoms. The topological polar surface area (TPSA) is 72.9 Å². The van der Waals surface area contributed by atoms with Crippen LogP contribution in [0.1, 0.15) is 13.3 Å². The summed E-state index contributed by atoms with van der Waals surface area (Å²) in [7, 11) is 0. The summed E-state index contributed by atoms with van der Waals surface area (Å²) in [5.41, 5.74) is 5.43. The molecule has 1 fully saturated rings. The number of aromatic nitrogens is 2. The number of amides is 1. The summed E-state index contributed by atoms with van der Waals surface area (Å²) < 4.78 is 1.54. The Kier molecular flexibility index (Phi) is 2.15. The molecule has 76 valence electrons. The van der Waals surface area contributed by atoms with Crippen molar-refractivity contribution in [3.8, 4) is 0 Å². The van der Waals surface area contributed by atoms with Crippen LogP contribution in [0, 0.1) is 5.92 Å². The lowest BCUT2D eigenvalue weighted by molar-refractivity contribution is -0.122. The largest absolute Gasteiger partial charge is 0.382 e. The molecule has 0 saturated heterocycles. The number of anilines is 1. The number of nitrogens with one attached hydrogen (secondary N) is 1. The van der Waals surface area contributed by atoms with Gasteiger partial charge in [-0.05, 0) is 18.4 Å². The lowest BCUT2D eigenvalue weighted by Crippen LogP contribution is -2.30. The van der Waals surface area contributed by atoms with Crippen LogP contribution in [0.15, 0.2) is 12.3 Å². The van der Waals surface area contributed by atoms with Gasteiger partial charge in [-0.1, -0.05) is 6.92 Å². The highest BCUT2D eigenvalue weighted by Crippen LogP contribution is 2.28. The van der Waals surface area contributed by atoms with Crippen LogP contribution in [-0.2, 0) is 11.3 Å². The maximum atomic E-state index is 11.4. The van der Waals surface area contributed by atoms with Gasteiger partial charge in [0.05, 0.1) is 0 Å². The number of nitrogens with zero attached hydrogens (tertiary/aromatic N) is 2. The molecule has 5 nitrogen and oxygen atoms in total. The molecular formula is C9H14N4O. The molecule has 2 atom stereocenters. The van der Waals surface area contributed by atoms with Gasteiger partial charge < -0.3 is 11.1 Å². The van der Waals surface area contributed by atoms with Crippen molar-refractivity contribution in [1.82, 2.24) is 15.1 Å². The molecular weight excluding hydrogens is 180 g/mol. The molecule has 5 heteroatoms. The molecule has 0 radical (unpaired) electrons. The molecule has 1 heterocycles. The van der Waals surface area contributed by atoms with E-state index >= 15 is 0 Å². The van der Waals surface area contributed by atoms with Crippen molar-refractivity contribution in [1.29, 1.82) is 0 Å².